The number of carbonyl (C=O) groups is 2. The topological polar surface area (TPSA) is 46.6 Å². The van der Waals surface area contributed by atoms with Crippen LogP contribution >= 0.6 is 11.8 Å². The van der Waals surface area contributed by atoms with Crippen LogP contribution in [0.3, 0.4) is 0 Å². The summed E-state index contributed by atoms with van der Waals surface area (Å²) in [5.41, 5.74) is 0. The zero-order valence-corrected chi connectivity index (χ0v) is 9.73. The Morgan fingerprint density at radius 3 is 2.29 bits per heavy atom. The molecule has 0 heterocycles. The van der Waals surface area contributed by atoms with Gasteiger partial charge in [0.2, 0.25) is 0 Å². The Morgan fingerprint density at radius 1 is 1.29 bits per heavy atom. The van der Waals surface area contributed by atoms with E-state index in [1.54, 1.807) is 4.90 Å². The second-order valence-corrected chi connectivity index (χ2v) is 3.66. The molecule has 0 spiro atoms. The molecular formula is C9H17NO3S. The average Bonchev–Trinajstić information content (AvgIpc) is 2.19. The number of rotatable bonds is 5. The zero-order valence-electron chi connectivity index (χ0n) is 8.91. The zero-order chi connectivity index (χ0) is 11.0. The van der Waals surface area contributed by atoms with Gasteiger partial charge in [-0.3, -0.25) is 9.59 Å². The molecule has 0 rings (SSSR count). The fourth-order valence-corrected chi connectivity index (χ4v) is 1.78. The highest BCUT2D eigenvalue weighted by Gasteiger charge is 2.10. The first-order valence-corrected chi connectivity index (χ1v) is 5.62. The van der Waals surface area contributed by atoms with Gasteiger partial charge in [0, 0.05) is 18.8 Å². The first-order chi connectivity index (χ1) is 6.65. The van der Waals surface area contributed by atoms with E-state index < -0.39 is 0 Å². The molecule has 0 aliphatic rings. The summed E-state index contributed by atoms with van der Waals surface area (Å²) in [4.78, 5) is 23.9. The predicted molar refractivity (Wildman–Crippen MR) is 57.4 cm³/mol. The van der Waals surface area contributed by atoms with Crippen LogP contribution in [0.1, 0.15) is 20.3 Å². The minimum Gasteiger partial charge on any atom is -0.469 e. The van der Waals surface area contributed by atoms with Crippen molar-refractivity contribution in [2.75, 3.05) is 26.0 Å². The molecule has 0 unspecified atom stereocenters. The second-order valence-electron chi connectivity index (χ2n) is 2.61. The van der Waals surface area contributed by atoms with Crippen molar-refractivity contribution in [3.63, 3.8) is 0 Å². The Labute approximate surface area is 89.0 Å². The first-order valence-electron chi connectivity index (χ1n) is 4.64. The van der Waals surface area contributed by atoms with Gasteiger partial charge < -0.3 is 9.64 Å². The number of amides is 1. The third kappa shape index (κ3) is 5.11. The minimum atomic E-state index is -0.273. The lowest BCUT2D eigenvalue weighted by Gasteiger charge is -2.17. The maximum absolute atomic E-state index is 11.4. The normalized spacial score (nSPS) is 9.64. The molecular weight excluding hydrogens is 202 g/mol. The van der Waals surface area contributed by atoms with Crippen LogP contribution in [0, 0.1) is 0 Å². The Balaban J connectivity index is 3.67. The van der Waals surface area contributed by atoms with Crippen molar-refractivity contribution in [2.24, 2.45) is 0 Å². The molecule has 1 amide bonds. The van der Waals surface area contributed by atoms with E-state index >= 15 is 0 Å². The first kappa shape index (κ1) is 13.3. The molecule has 0 fully saturated rings. The number of nitrogens with zero attached hydrogens (tertiary/aromatic N) is 1. The molecule has 0 bridgehead atoms. The highest BCUT2D eigenvalue weighted by Crippen LogP contribution is 2.10. The fourth-order valence-electron chi connectivity index (χ4n) is 0.897. The lowest BCUT2D eigenvalue weighted by molar-refractivity contribution is -0.140. The molecule has 4 nitrogen and oxygen atoms in total. The maximum Gasteiger partial charge on any atom is 0.306 e. The Bertz CT molecular complexity index is 192. The van der Waals surface area contributed by atoms with Gasteiger partial charge in [0.05, 0.1) is 13.5 Å². The minimum absolute atomic E-state index is 0.0268. The van der Waals surface area contributed by atoms with E-state index in [4.69, 9.17) is 0 Å². The Kier molecular flexibility index (Phi) is 7.28. The summed E-state index contributed by atoms with van der Waals surface area (Å²) in [5, 5.41) is 0.0268. The van der Waals surface area contributed by atoms with Crippen LogP contribution in [0.25, 0.3) is 0 Å². The lowest BCUT2D eigenvalue weighted by Crippen LogP contribution is -2.27. The van der Waals surface area contributed by atoms with E-state index in [1.165, 1.54) is 7.11 Å². The molecule has 82 valence electrons. The molecule has 5 heteroatoms. The number of methoxy groups -OCH3 is 1. The number of carbonyl (C=O) groups excluding carboxylic acids is 2. The van der Waals surface area contributed by atoms with Gasteiger partial charge in [-0.1, -0.05) is 11.8 Å². The van der Waals surface area contributed by atoms with Crippen molar-refractivity contribution in [1.82, 2.24) is 4.90 Å². The quantitative estimate of drug-likeness (QED) is 0.661. The molecule has 0 N–H and O–H groups in total. The Morgan fingerprint density at radius 2 is 1.86 bits per heavy atom. The molecule has 14 heavy (non-hydrogen) atoms. The van der Waals surface area contributed by atoms with E-state index in [9.17, 15) is 9.59 Å². The average molecular weight is 219 g/mol. The number of thioether (sulfide) groups is 1. The smallest absolute Gasteiger partial charge is 0.306 e. The summed E-state index contributed by atoms with van der Waals surface area (Å²) in [7, 11) is 1.35. The summed E-state index contributed by atoms with van der Waals surface area (Å²) >= 11 is 1.16. The number of esters is 1. The van der Waals surface area contributed by atoms with Crippen LogP contribution in [0.4, 0.5) is 4.79 Å². The second kappa shape index (κ2) is 7.67. The third-order valence-electron chi connectivity index (χ3n) is 1.78. The van der Waals surface area contributed by atoms with Gasteiger partial charge in [-0.05, 0) is 13.8 Å². The maximum atomic E-state index is 11.4. The van der Waals surface area contributed by atoms with Crippen molar-refractivity contribution in [2.45, 2.75) is 20.3 Å². The summed E-state index contributed by atoms with van der Waals surface area (Å²) in [6, 6.07) is 0. The van der Waals surface area contributed by atoms with E-state index in [2.05, 4.69) is 4.74 Å². The highest BCUT2D eigenvalue weighted by atomic mass is 32.2. The highest BCUT2D eigenvalue weighted by molar-refractivity contribution is 8.13. The van der Waals surface area contributed by atoms with Crippen LogP contribution in [0.2, 0.25) is 0 Å². The van der Waals surface area contributed by atoms with Crippen LogP contribution in [-0.4, -0.2) is 42.1 Å². The van der Waals surface area contributed by atoms with Crippen molar-refractivity contribution in [3.05, 3.63) is 0 Å². The monoisotopic (exact) mass is 219 g/mol. The molecule has 0 aliphatic carbocycles. The predicted octanol–water partition coefficient (Wildman–Crippen LogP) is 1.74. The van der Waals surface area contributed by atoms with Crippen molar-refractivity contribution in [1.29, 1.82) is 0 Å². The van der Waals surface area contributed by atoms with Gasteiger partial charge in [0.15, 0.2) is 0 Å². The summed E-state index contributed by atoms with van der Waals surface area (Å²) < 4.78 is 4.47. The molecule has 0 saturated carbocycles. The van der Waals surface area contributed by atoms with Gasteiger partial charge in [-0.15, -0.1) is 0 Å². The number of ether oxygens (including phenoxy) is 1. The lowest BCUT2D eigenvalue weighted by atomic mass is 10.5. The largest absolute Gasteiger partial charge is 0.469 e. The molecule has 0 radical (unpaired) electrons. The fraction of sp³-hybridized carbons (Fsp3) is 0.778. The van der Waals surface area contributed by atoms with Gasteiger partial charge >= 0.3 is 5.97 Å². The molecule has 0 saturated heterocycles. The van der Waals surface area contributed by atoms with Crippen LogP contribution in [0.5, 0.6) is 0 Å². The van der Waals surface area contributed by atoms with E-state index in [0.29, 0.717) is 18.8 Å². The third-order valence-corrected chi connectivity index (χ3v) is 2.69. The molecule has 0 atom stereocenters. The summed E-state index contributed by atoms with van der Waals surface area (Å²) in [5.74, 6) is 0.215. The molecule has 0 aromatic carbocycles. The summed E-state index contributed by atoms with van der Waals surface area (Å²) in [6.07, 6.45) is 0.286. The van der Waals surface area contributed by atoms with Crippen molar-refractivity contribution in [3.8, 4) is 0 Å². The van der Waals surface area contributed by atoms with Gasteiger partial charge in [-0.2, -0.15) is 0 Å². The van der Waals surface area contributed by atoms with Gasteiger partial charge in [-0.25, -0.2) is 0 Å². The molecule has 0 aromatic rings. The van der Waals surface area contributed by atoms with E-state index in [0.717, 1.165) is 11.8 Å². The van der Waals surface area contributed by atoms with Crippen molar-refractivity contribution < 1.29 is 14.3 Å². The van der Waals surface area contributed by atoms with E-state index in [-0.39, 0.29) is 17.6 Å². The SMILES string of the molecule is CCN(CC)C(=O)SCCC(=O)OC. The molecule has 0 aliphatic heterocycles. The van der Waals surface area contributed by atoms with Crippen LogP contribution in [-0.2, 0) is 9.53 Å². The Hall–Kier alpha value is -0.710. The van der Waals surface area contributed by atoms with Gasteiger partial charge in [0.25, 0.3) is 5.24 Å². The van der Waals surface area contributed by atoms with Gasteiger partial charge in [0.1, 0.15) is 0 Å². The van der Waals surface area contributed by atoms with Crippen LogP contribution in [0.15, 0.2) is 0 Å². The van der Waals surface area contributed by atoms with Crippen molar-refractivity contribution >= 4 is 23.0 Å². The molecule has 0 aromatic heterocycles. The standard InChI is InChI=1S/C9H17NO3S/c1-4-10(5-2)9(12)14-7-6-8(11)13-3/h4-7H2,1-3H3. The van der Waals surface area contributed by atoms with Crippen LogP contribution < -0.4 is 0 Å². The number of hydrogen-bond donors (Lipinski definition) is 0. The van der Waals surface area contributed by atoms with E-state index in [1.807, 2.05) is 13.8 Å². The summed E-state index contributed by atoms with van der Waals surface area (Å²) in [6.45, 7) is 5.28. The number of hydrogen-bond acceptors (Lipinski definition) is 4.